The van der Waals surface area contributed by atoms with E-state index in [9.17, 15) is 22.4 Å². The summed E-state index contributed by atoms with van der Waals surface area (Å²) in [7, 11) is -3.62. The Morgan fingerprint density at radius 3 is 2.34 bits per heavy atom. The lowest BCUT2D eigenvalue weighted by molar-refractivity contribution is -0.139. The second-order valence-corrected chi connectivity index (χ2v) is 9.82. The van der Waals surface area contributed by atoms with E-state index in [4.69, 9.17) is 0 Å². The van der Waals surface area contributed by atoms with Crippen LogP contribution in [-0.4, -0.2) is 43.7 Å². The van der Waals surface area contributed by atoms with Crippen LogP contribution in [0.2, 0.25) is 0 Å². The van der Waals surface area contributed by atoms with Crippen molar-refractivity contribution in [3.8, 4) is 0 Å². The number of rotatable bonds is 7. The molecule has 7 nitrogen and oxygen atoms in total. The third-order valence-electron chi connectivity index (χ3n) is 5.54. The largest absolute Gasteiger partial charge is 0.348 e. The fourth-order valence-electron chi connectivity index (χ4n) is 3.72. The molecular weight excluding hydrogens is 433 g/mol. The van der Waals surface area contributed by atoms with E-state index in [0.717, 1.165) is 18.4 Å². The van der Waals surface area contributed by atoms with Crippen molar-refractivity contribution in [2.75, 3.05) is 13.1 Å². The van der Waals surface area contributed by atoms with Crippen molar-refractivity contribution in [3.63, 3.8) is 0 Å². The number of halogens is 1. The SMILES string of the molecule is Cc1ccc(S(=O)(=O)N2CCCC[C@H]2CCNC(=O)C(=O)NCc2ccc(F)cc2)cc1. The van der Waals surface area contributed by atoms with Gasteiger partial charge in [-0.1, -0.05) is 36.2 Å². The zero-order chi connectivity index (χ0) is 23.1. The predicted molar refractivity (Wildman–Crippen MR) is 119 cm³/mol. The molecule has 172 valence electrons. The molecule has 0 aliphatic carbocycles. The standard InChI is InChI=1S/C23H28FN3O4S/c1-17-5-11-21(12-6-17)32(30,31)27-15-3-2-4-20(27)13-14-25-22(28)23(29)26-16-18-7-9-19(24)10-8-18/h5-12,20H,2-4,13-16H2,1H3,(H,25,28)(H,26,29)/t20-/m0/s1. The van der Waals surface area contributed by atoms with E-state index in [2.05, 4.69) is 10.6 Å². The molecule has 1 saturated heterocycles. The first-order chi connectivity index (χ1) is 15.3. The number of nitrogens with zero attached hydrogens (tertiary/aromatic N) is 1. The van der Waals surface area contributed by atoms with E-state index < -0.39 is 21.8 Å². The highest BCUT2D eigenvalue weighted by Gasteiger charge is 2.33. The highest BCUT2D eigenvalue weighted by molar-refractivity contribution is 7.89. The Balaban J connectivity index is 1.51. The summed E-state index contributed by atoms with van der Waals surface area (Å²) in [6.45, 7) is 2.64. The molecule has 9 heteroatoms. The average Bonchev–Trinajstić information content (AvgIpc) is 2.79. The van der Waals surface area contributed by atoms with Crippen molar-refractivity contribution in [3.05, 3.63) is 65.5 Å². The Bertz CT molecular complexity index is 1040. The summed E-state index contributed by atoms with van der Waals surface area (Å²) in [4.78, 5) is 24.3. The summed E-state index contributed by atoms with van der Waals surface area (Å²) in [6.07, 6.45) is 2.83. The van der Waals surface area contributed by atoms with E-state index in [0.29, 0.717) is 24.9 Å². The van der Waals surface area contributed by atoms with Gasteiger partial charge in [-0.15, -0.1) is 0 Å². The molecule has 0 unspecified atom stereocenters. The summed E-state index contributed by atoms with van der Waals surface area (Å²) in [5.74, 6) is -1.95. The zero-order valence-electron chi connectivity index (χ0n) is 18.0. The highest BCUT2D eigenvalue weighted by atomic mass is 32.2. The van der Waals surface area contributed by atoms with Crippen LogP contribution in [0.15, 0.2) is 53.4 Å². The normalized spacial score (nSPS) is 17.0. The number of amides is 2. The molecule has 32 heavy (non-hydrogen) atoms. The number of piperidine rings is 1. The first-order valence-corrected chi connectivity index (χ1v) is 12.1. The number of hydrogen-bond acceptors (Lipinski definition) is 4. The smallest absolute Gasteiger partial charge is 0.309 e. The lowest BCUT2D eigenvalue weighted by atomic mass is 10.0. The van der Waals surface area contributed by atoms with E-state index in [1.807, 2.05) is 6.92 Å². The second-order valence-electron chi connectivity index (χ2n) is 7.93. The Labute approximate surface area is 188 Å². The minimum Gasteiger partial charge on any atom is -0.348 e. The third kappa shape index (κ3) is 6.14. The van der Waals surface area contributed by atoms with Gasteiger partial charge in [0.05, 0.1) is 4.90 Å². The summed E-state index contributed by atoms with van der Waals surface area (Å²) in [5.41, 5.74) is 1.66. The molecule has 2 amide bonds. The van der Waals surface area contributed by atoms with Crippen LogP contribution in [0.25, 0.3) is 0 Å². The molecule has 1 atom stereocenters. The summed E-state index contributed by atoms with van der Waals surface area (Å²) in [6, 6.07) is 12.2. The first-order valence-electron chi connectivity index (χ1n) is 10.7. The van der Waals surface area contributed by atoms with E-state index in [-0.39, 0.29) is 29.8 Å². The Morgan fingerprint density at radius 2 is 1.66 bits per heavy atom. The topological polar surface area (TPSA) is 95.6 Å². The van der Waals surface area contributed by atoms with Gasteiger partial charge in [0.25, 0.3) is 0 Å². The number of aryl methyl sites for hydroxylation is 1. The minimum absolute atomic E-state index is 0.109. The van der Waals surface area contributed by atoms with Crippen molar-refractivity contribution in [2.24, 2.45) is 0 Å². The van der Waals surface area contributed by atoms with Crippen molar-refractivity contribution >= 4 is 21.8 Å². The molecule has 1 heterocycles. The molecule has 2 N–H and O–H groups in total. The van der Waals surface area contributed by atoms with Crippen LogP contribution in [0.5, 0.6) is 0 Å². The number of carbonyl (C=O) groups is 2. The first kappa shape index (κ1) is 23.9. The molecule has 2 aromatic carbocycles. The third-order valence-corrected chi connectivity index (χ3v) is 7.50. The van der Waals surface area contributed by atoms with Crippen molar-refractivity contribution in [1.29, 1.82) is 0 Å². The molecule has 1 fully saturated rings. The molecule has 0 radical (unpaired) electrons. The monoisotopic (exact) mass is 461 g/mol. The van der Waals surface area contributed by atoms with Crippen LogP contribution >= 0.6 is 0 Å². The molecule has 2 aromatic rings. The zero-order valence-corrected chi connectivity index (χ0v) is 18.8. The number of benzene rings is 2. The summed E-state index contributed by atoms with van der Waals surface area (Å²) >= 11 is 0. The maximum Gasteiger partial charge on any atom is 0.309 e. The van der Waals surface area contributed by atoms with E-state index in [1.165, 1.54) is 28.6 Å². The Kier molecular flexibility index (Phi) is 7.98. The number of hydrogen-bond donors (Lipinski definition) is 2. The fraction of sp³-hybridized carbons (Fsp3) is 0.391. The Hall–Kier alpha value is -2.78. The number of carbonyl (C=O) groups excluding carboxylic acids is 2. The molecule has 0 spiro atoms. The quantitative estimate of drug-likeness (QED) is 0.620. The maximum atomic E-state index is 13.1. The van der Waals surface area contributed by atoms with E-state index in [1.54, 1.807) is 24.3 Å². The van der Waals surface area contributed by atoms with Crippen LogP contribution < -0.4 is 10.6 Å². The van der Waals surface area contributed by atoms with Crippen LogP contribution in [0.4, 0.5) is 4.39 Å². The lowest BCUT2D eigenvalue weighted by Gasteiger charge is -2.34. The molecule has 0 bridgehead atoms. The molecule has 1 aliphatic rings. The lowest BCUT2D eigenvalue weighted by Crippen LogP contribution is -2.46. The van der Waals surface area contributed by atoms with Crippen LogP contribution in [0.1, 0.15) is 36.8 Å². The predicted octanol–water partition coefficient (Wildman–Crippen LogP) is 2.50. The van der Waals surface area contributed by atoms with Gasteiger partial charge in [-0.05, 0) is 56.0 Å². The van der Waals surface area contributed by atoms with Crippen LogP contribution in [-0.2, 0) is 26.2 Å². The van der Waals surface area contributed by atoms with Crippen molar-refractivity contribution < 1.29 is 22.4 Å². The van der Waals surface area contributed by atoms with Crippen LogP contribution in [0.3, 0.4) is 0 Å². The van der Waals surface area contributed by atoms with Gasteiger partial charge in [0, 0.05) is 25.7 Å². The van der Waals surface area contributed by atoms with Gasteiger partial charge in [0.2, 0.25) is 10.0 Å². The maximum absolute atomic E-state index is 13.1. The second kappa shape index (κ2) is 10.7. The number of sulfonamides is 1. The molecule has 1 aliphatic heterocycles. The van der Waals surface area contributed by atoms with Crippen LogP contribution in [0, 0.1) is 12.7 Å². The van der Waals surface area contributed by atoms with Crippen molar-refractivity contribution in [1.82, 2.24) is 14.9 Å². The van der Waals surface area contributed by atoms with E-state index >= 15 is 0 Å². The summed E-state index contributed by atoms with van der Waals surface area (Å²) < 4.78 is 40.7. The van der Waals surface area contributed by atoms with Gasteiger partial charge >= 0.3 is 11.8 Å². The highest BCUT2D eigenvalue weighted by Crippen LogP contribution is 2.27. The van der Waals surface area contributed by atoms with Gasteiger partial charge in [0.1, 0.15) is 5.82 Å². The fourth-order valence-corrected chi connectivity index (χ4v) is 5.45. The molecule has 3 rings (SSSR count). The number of nitrogens with one attached hydrogen (secondary N) is 2. The molecule has 0 aromatic heterocycles. The van der Waals surface area contributed by atoms with Gasteiger partial charge in [-0.25, -0.2) is 12.8 Å². The Morgan fingerprint density at radius 1 is 1.00 bits per heavy atom. The minimum atomic E-state index is -3.62. The van der Waals surface area contributed by atoms with Gasteiger partial charge in [0.15, 0.2) is 0 Å². The molecular formula is C23H28FN3O4S. The van der Waals surface area contributed by atoms with Gasteiger partial charge < -0.3 is 10.6 Å². The summed E-state index contributed by atoms with van der Waals surface area (Å²) in [5, 5.41) is 5.05. The van der Waals surface area contributed by atoms with Crippen molar-refractivity contribution in [2.45, 2.75) is 50.1 Å². The average molecular weight is 462 g/mol. The van der Waals surface area contributed by atoms with Gasteiger partial charge in [-0.2, -0.15) is 4.31 Å². The van der Waals surface area contributed by atoms with Gasteiger partial charge in [-0.3, -0.25) is 9.59 Å². The molecule has 0 saturated carbocycles.